The highest BCUT2D eigenvalue weighted by atomic mass is 16.1. The number of benzene rings is 1. The van der Waals surface area contributed by atoms with Gasteiger partial charge in [0.2, 0.25) is 0 Å². The number of anilines is 1. The number of pyridine rings is 1. The van der Waals surface area contributed by atoms with E-state index in [9.17, 15) is 4.79 Å². The van der Waals surface area contributed by atoms with Gasteiger partial charge >= 0.3 is 0 Å². The smallest absolute Gasteiger partial charge is 0.256 e. The molecule has 6 rings (SSSR count). The minimum Gasteiger partial charge on any atom is -0.357 e. The lowest BCUT2D eigenvalue weighted by atomic mass is 9.93. The van der Waals surface area contributed by atoms with Gasteiger partial charge in [-0.15, -0.1) is 0 Å². The first kappa shape index (κ1) is 24.8. The summed E-state index contributed by atoms with van der Waals surface area (Å²) in [5.41, 5.74) is 4.82. The van der Waals surface area contributed by atoms with Gasteiger partial charge in [0.05, 0.1) is 11.7 Å². The number of amides is 1. The van der Waals surface area contributed by atoms with Gasteiger partial charge in [0.15, 0.2) is 0 Å². The largest absolute Gasteiger partial charge is 0.357 e. The van der Waals surface area contributed by atoms with Crippen LogP contribution in [0, 0.1) is 5.92 Å². The molecule has 3 N–H and O–H groups in total. The molecule has 2 saturated heterocycles. The van der Waals surface area contributed by atoms with Crippen LogP contribution in [-0.4, -0.2) is 57.2 Å². The van der Waals surface area contributed by atoms with Gasteiger partial charge in [-0.1, -0.05) is 12.1 Å². The van der Waals surface area contributed by atoms with Crippen LogP contribution < -0.4 is 10.6 Å². The molecule has 4 aromatic rings. The molecule has 3 aromatic heterocycles. The zero-order valence-corrected chi connectivity index (χ0v) is 22.1. The molecule has 5 heterocycles. The van der Waals surface area contributed by atoms with Crippen molar-refractivity contribution >= 4 is 22.6 Å². The molecule has 2 aliphatic heterocycles. The number of likely N-dealkylation sites (tertiary alicyclic amines) is 1. The Hall–Kier alpha value is -3.49. The summed E-state index contributed by atoms with van der Waals surface area (Å²) in [6.07, 6.45) is 13.2. The first-order valence-corrected chi connectivity index (χ1v) is 14.0. The molecule has 1 atom stereocenters. The summed E-state index contributed by atoms with van der Waals surface area (Å²) in [7, 11) is 2.17. The molecule has 0 radical (unpaired) electrons. The van der Waals surface area contributed by atoms with Crippen LogP contribution in [0.1, 0.15) is 60.6 Å². The maximum Gasteiger partial charge on any atom is 0.256 e. The molecule has 0 bridgehead atoms. The number of carbonyl (C=O) groups excluding carboxylic acids is 1. The molecular weight excluding hydrogens is 474 g/mol. The standard InChI is InChI=1S/C30H37N7O/c1-36-13-4-8-28(36)27-16-24-18-32-29(17-26(24)34-27)35-30(38)23-7-2-6-22(15-23)25-19-33-37(20-25)14-3-5-21-9-11-31-12-10-21/h2,6-7,15-21,28,31,34H,3-5,8-14H2,1H3,(H,32,35,38)/t28-/m1/s1. The average molecular weight is 512 g/mol. The highest BCUT2D eigenvalue weighted by molar-refractivity contribution is 6.05. The Bertz CT molecular complexity index is 1400. The molecule has 2 aliphatic rings. The third-order valence-electron chi connectivity index (χ3n) is 8.20. The van der Waals surface area contributed by atoms with Crippen molar-refractivity contribution in [1.82, 2.24) is 30.0 Å². The quantitative estimate of drug-likeness (QED) is 0.302. The minimum absolute atomic E-state index is 0.171. The second-order valence-electron chi connectivity index (χ2n) is 10.9. The molecule has 38 heavy (non-hydrogen) atoms. The van der Waals surface area contributed by atoms with E-state index in [2.05, 4.69) is 49.9 Å². The fraction of sp³-hybridized carbons (Fsp3) is 0.433. The Morgan fingerprint density at radius 2 is 2.00 bits per heavy atom. The number of hydrogen-bond donors (Lipinski definition) is 3. The molecule has 0 unspecified atom stereocenters. The summed E-state index contributed by atoms with van der Waals surface area (Å²) in [4.78, 5) is 23.5. The number of hydrogen-bond acceptors (Lipinski definition) is 5. The van der Waals surface area contributed by atoms with Gasteiger partial charge in [0.25, 0.3) is 5.91 Å². The number of H-pyrrole nitrogens is 1. The van der Waals surface area contributed by atoms with E-state index in [1.54, 1.807) is 0 Å². The Morgan fingerprint density at radius 1 is 1.11 bits per heavy atom. The van der Waals surface area contributed by atoms with Crippen LogP contribution >= 0.6 is 0 Å². The van der Waals surface area contributed by atoms with Crippen molar-refractivity contribution < 1.29 is 4.79 Å². The van der Waals surface area contributed by atoms with E-state index in [-0.39, 0.29) is 5.91 Å². The number of aromatic nitrogens is 4. The minimum atomic E-state index is -0.171. The van der Waals surface area contributed by atoms with E-state index >= 15 is 0 Å². The van der Waals surface area contributed by atoms with Crippen LogP contribution in [0.2, 0.25) is 0 Å². The number of aromatic amines is 1. The topological polar surface area (TPSA) is 90.9 Å². The average Bonchev–Trinajstić information content (AvgIpc) is 3.69. The van der Waals surface area contributed by atoms with Crippen molar-refractivity contribution in [1.29, 1.82) is 0 Å². The molecular formula is C30H37N7O. The molecule has 8 nitrogen and oxygen atoms in total. The number of carbonyl (C=O) groups is 1. The van der Waals surface area contributed by atoms with Gasteiger partial charge in [0, 0.05) is 53.3 Å². The predicted octanol–water partition coefficient (Wildman–Crippen LogP) is 5.23. The van der Waals surface area contributed by atoms with Gasteiger partial charge < -0.3 is 15.6 Å². The summed E-state index contributed by atoms with van der Waals surface area (Å²) in [6.45, 7) is 4.35. The Morgan fingerprint density at radius 3 is 2.84 bits per heavy atom. The zero-order chi connectivity index (χ0) is 25.9. The summed E-state index contributed by atoms with van der Waals surface area (Å²) in [5, 5.41) is 12.0. The molecule has 8 heteroatoms. The van der Waals surface area contributed by atoms with E-state index in [1.807, 2.05) is 47.4 Å². The van der Waals surface area contributed by atoms with Crippen molar-refractivity contribution in [2.45, 2.75) is 51.1 Å². The van der Waals surface area contributed by atoms with Crippen molar-refractivity contribution in [2.75, 3.05) is 32.0 Å². The van der Waals surface area contributed by atoms with E-state index in [0.717, 1.165) is 67.0 Å². The fourth-order valence-electron chi connectivity index (χ4n) is 5.98. The molecule has 0 spiro atoms. The van der Waals surface area contributed by atoms with E-state index in [1.165, 1.54) is 31.4 Å². The Labute approximate surface area is 223 Å². The van der Waals surface area contributed by atoms with Gasteiger partial charge in [0.1, 0.15) is 5.82 Å². The van der Waals surface area contributed by atoms with E-state index in [4.69, 9.17) is 0 Å². The van der Waals surface area contributed by atoms with Crippen molar-refractivity contribution in [3.8, 4) is 11.1 Å². The predicted molar refractivity (Wildman–Crippen MR) is 151 cm³/mol. The highest BCUT2D eigenvalue weighted by Gasteiger charge is 2.24. The number of nitrogens with one attached hydrogen (secondary N) is 3. The maximum atomic E-state index is 13.1. The van der Waals surface area contributed by atoms with Crippen molar-refractivity contribution in [3.63, 3.8) is 0 Å². The van der Waals surface area contributed by atoms with Gasteiger partial charge in [-0.2, -0.15) is 5.10 Å². The number of piperidine rings is 1. The third kappa shape index (κ3) is 5.51. The fourth-order valence-corrected chi connectivity index (χ4v) is 5.98. The SMILES string of the molecule is CN1CCC[C@@H]1c1cc2cnc(NC(=O)c3cccc(-c4cnn(CCCC5CCNCC5)c4)c3)cc2[nH]1. The third-order valence-corrected chi connectivity index (χ3v) is 8.20. The summed E-state index contributed by atoms with van der Waals surface area (Å²) in [6, 6.07) is 12.2. The Balaban J connectivity index is 1.09. The van der Waals surface area contributed by atoms with Gasteiger partial charge in [-0.05, 0) is 94.9 Å². The Kier molecular flexibility index (Phi) is 7.25. The van der Waals surface area contributed by atoms with Crippen molar-refractivity contribution in [2.24, 2.45) is 5.92 Å². The second kappa shape index (κ2) is 11.1. The normalized spacial score (nSPS) is 18.8. The summed E-state index contributed by atoms with van der Waals surface area (Å²) < 4.78 is 2.02. The van der Waals surface area contributed by atoms with Crippen LogP contribution in [-0.2, 0) is 6.54 Å². The molecule has 1 amide bonds. The molecule has 1 aromatic carbocycles. The summed E-state index contributed by atoms with van der Waals surface area (Å²) in [5.74, 6) is 1.21. The molecule has 198 valence electrons. The monoisotopic (exact) mass is 511 g/mol. The molecule has 2 fully saturated rings. The first-order chi connectivity index (χ1) is 18.6. The number of fused-ring (bicyclic) bond motifs is 1. The van der Waals surface area contributed by atoms with Crippen LogP contribution in [0.3, 0.4) is 0 Å². The van der Waals surface area contributed by atoms with Crippen LogP contribution in [0.25, 0.3) is 22.0 Å². The lowest BCUT2D eigenvalue weighted by Gasteiger charge is -2.22. The number of rotatable bonds is 8. The van der Waals surface area contributed by atoms with Gasteiger partial charge in [-0.3, -0.25) is 14.4 Å². The van der Waals surface area contributed by atoms with Crippen molar-refractivity contribution in [3.05, 3.63) is 66.2 Å². The van der Waals surface area contributed by atoms with E-state index < -0.39 is 0 Å². The van der Waals surface area contributed by atoms with E-state index in [0.29, 0.717) is 17.4 Å². The zero-order valence-electron chi connectivity index (χ0n) is 22.1. The van der Waals surface area contributed by atoms with Gasteiger partial charge in [-0.25, -0.2) is 4.98 Å². The molecule has 0 saturated carbocycles. The maximum absolute atomic E-state index is 13.1. The second-order valence-corrected chi connectivity index (χ2v) is 10.9. The first-order valence-electron chi connectivity index (χ1n) is 14.0. The lowest BCUT2D eigenvalue weighted by molar-refractivity contribution is 0.102. The number of nitrogens with zero attached hydrogens (tertiary/aromatic N) is 4. The summed E-state index contributed by atoms with van der Waals surface area (Å²) >= 11 is 0. The lowest BCUT2D eigenvalue weighted by Crippen LogP contribution is -2.27. The van der Waals surface area contributed by atoms with Crippen LogP contribution in [0.5, 0.6) is 0 Å². The van der Waals surface area contributed by atoms with Crippen LogP contribution in [0.15, 0.2) is 55.0 Å². The highest BCUT2D eigenvalue weighted by Crippen LogP contribution is 2.32. The van der Waals surface area contributed by atoms with Crippen LogP contribution in [0.4, 0.5) is 5.82 Å². The number of aryl methyl sites for hydroxylation is 1. The molecule has 0 aliphatic carbocycles.